The number of rotatable bonds is 2. The Kier molecular flexibility index (Phi) is 4.20. The number of furan rings is 1. The largest absolute Gasteiger partial charge is 0.508 e. The fraction of sp³-hybridized carbons (Fsp3) is 0.167. The molecule has 4 aromatic rings. The summed E-state index contributed by atoms with van der Waals surface area (Å²) in [6.45, 7) is 2.00. The Labute approximate surface area is 173 Å². The highest BCUT2D eigenvalue weighted by Crippen LogP contribution is 2.36. The second-order valence-corrected chi connectivity index (χ2v) is 7.64. The first-order valence-corrected chi connectivity index (χ1v) is 9.83. The summed E-state index contributed by atoms with van der Waals surface area (Å²) in [5.74, 6) is -0.600. The zero-order valence-electron chi connectivity index (χ0n) is 16.4. The number of nitrogens with zero attached hydrogens (tertiary/aromatic N) is 2. The maximum absolute atomic E-state index is 13.2. The Morgan fingerprint density at radius 2 is 2.00 bits per heavy atom. The Bertz CT molecular complexity index is 1280. The van der Waals surface area contributed by atoms with Crippen LogP contribution in [-0.4, -0.2) is 27.1 Å². The van der Waals surface area contributed by atoms with Crippen LogP contribution in [0.3, 0.4) is 0 Å². The van der Waals surface area contributed by atoms with Gasteiger partial charge in [0.1, 0.15) is 17.1 Å². The molecule has 150 valence electrons. The van der Waals surface area contributed by atoms with Gasteiger partial charge in [-0.15, -0.1) is 0 Å². The van der Waals surface area contributed by atoms with Crippen LogP contribution in [0.1, 0.15) is 29.3 Å². The van der Waals surface area contributed by atoms with Crippen LogP contribution < -0.4 is 4.90 Å². The van der Waals surface area contributed by atoms with Crippen LogP contribution in [-0.2, 0) is 6.42 Å². The quantitative estimate of drug-likeness (QED) is 0.500. The van der Waals surface area contributed by atoms with E-state index in [0.29, 0.717) is 0 Å². The minimum atomic E-state index is -0.288. The first kappa shape index (κ1) is 18.2. The summed E-state index contributed by atoms with van der Waals surface area (Å²) in [6.07, 6.45) is 5.09. The van der Waals surface area contributed by atoms with Gasteiger partial charge in [-0.05, 0) is 55.7 Å². The Morgan fingerprint density at radius 3 is 2.83 bits per heavy atom. The van der Waals surface area contributed by atoms with Gasteiger partial charge in [0.2, 0.25) is 0 Å². The number of hydrogen-bond donors (Lipinski definition) is 2. The molecule has 1 aliphatic rings. The van der Waals surface area contributed by atoms with Crippen LogP contribution in [0, 0.1) is 0 Å². The van der Waals surface area contributed by atoms with Gasteiger partial charge < -0.3 is 19.5 Å². The van der Waals surface area contributed by atoms with Gasteiger partial charge in [0, 0.05) is 41.0 Å². The lowest BCUT2D eigenvalue weighted by Gasteiger charge is -2.35. The van der Waals surface area contributed by atoms with E-state index in [0.717, 1.165) is 46.3 Å². The lowest BCUT2D eigenvalue weighted by Crippen LogP contribution is -2.42. The average Bonchev–Trinajstić information content (AvgIpc) is 3.21. The average molecular weight is 400 g/mol. The van der Waals surface area contributed by atoms with Gasteiger partial charge in [-0.3, -0.25) is 9.78 Å². The van der Waals surface area contributed by atoms with Crippen molar-refractivity contribution in [3.63, 3.8) is 0 Å². The lowest BCUT2D eigenvalue weighted by molar-refractivity contribution is 0.0972. The molecule has 0 aliphatic carbocycles. The first-order chi connectivity index (χ1) is 14.5. The summed E-state index contributed by atoms with van der Waals surface area (Å²) in [5.41, 5.74) is 4.61. The van der Waals surface area contributed by atoms with Crippen molar-refractivity contribution in [3.05, 3.63) is 72.1 Å². The lowest BCUT2D eigenvalue weighted by atomic mass is 9.93. The molecule has 30 heavy (non-hydrogen) atoms. The topological polar surface area (TPSA) is 86.8 Å². The number of pyridine rings is 1. The summed E-state index contributed by atoms with van der Waals surface area (Å²) >= 11 is 0. The van der Waals surface area contributed by atoms with Crippen molar-refractivity contribution in [2.75, 3.05) is 4.90 Å². The fourth-order valence-corrected chi connectivity index (χ4v) is 4.06. The van der Waals surface area contributed by atoms with Crippen molar-refractivity contribution in [3.8, 4) is 22.8 Å². The molecule has 6 heteroatoms. The Hall–Kier alpha value is -3.80. The summed E-state index contributed by atoms with van der Waals surface area (Å²) in [4.78, 5) is 19.5. The minimum absolute atomic E-state index is 0.0124. The highest BCUT2D eigenvalue weighted by atomic mass is 16.3. The number of amides is 1. The zero-order valence-corrected chi connectivity index (χ0v) is 16.4. The maximum Gasteiger partial charge on any atom is 0.262 e. The van der Waals surface area contributed by atoms with E-state index in [9.17, 15) is 15.0 Å². The standard InChI is InChI=1S/C24H20N2O4/c1-14-2-3-16-10-15(20-12-23-17(13-25-20)8-9-30-23)4-7-21(16)26(14)24(29)19-6-5-18(27)11-22(19)28/h4-14,27-28H,2-3H2,1H3/t14-/m0/s1. The molecule has 2 N–H and O–H groups in total. The number of aromatic hydroxyl groups is 2. The van der Waals surface area contributed by atoms with E-state index >= 15 is 0 Å². The fourth-order valence-electron chi connectivity index (χ4n) is 4.06. The van der Waals surface area contributed by atoms with Crippen LogP contribution in [0.25, 0.3) is 22.2 Å². The van der Waals surface area contributed by atoms with E-state index in [1.807, 2.05) is 31.2 Å². The molecule has 1 aliphatic heterocycles. The van der Waals surface area contributed by atoms with Gasteiger partial charge in [0.15, 0.2) is 0 Å². The van der Waals surface area contributed by atoms with Crippen molar-refractivity contribution < 1.29 is 19.4 Å². The molecule has 0 spiro atoms. The molecule has 0 saturated carbocycles. The summed E-state index contributed by atoms with van der Waals surface area (Å²) in [6, 6.07) is 13.8. The molecule has 6 nitrogen and oxygen atoms in total. The van der Waals surface area contributed by atoms with Gasteiger partial charge in [-0.2, -0.15) is 0 Å². The number of fused-ring (bicyclic) bond motifs is 2. The molecular formula is C24H20N2O4. The second-order valence-electron chi connectivity index (χ2n) is 7.64. The van der Waals surface area contributed by atoms with E-state index in [1.54, 1.807) is 17.4 Å². The van der Waals surface area contributed by atoms with Crippen molar-refractivity contribution >= 4 is 22.6 Å². The molecule has 3 heterocycles. The van der Waals surface area contributed by atoms with Gasteiger partial charge in [-0.1, -0.05) is 6.07 Å². The van der Waals surface area contributed by atoms with Crippen LogP contribution in [0.4, 0.5) is 5.69 Å². The maximum atomic E-state index is 13.2. The number of phenolic OH excluding ortho intramolecular Hbond substituents is 2. The third-order valence-electron chi connectivity index (χ3n) is 5.68. The van der Waals surface area contributed by atoms with E-state index in [1.165, 1.54) is 18.2 Å². The monoisotopic (exact) mass is 400 g/mol. The third kappa shape index (κ3) is 2.97. The van der Waals surface area contributed by atoms with Crippen LogP contribution in [0.2, 0.25) is 0 Å². The zero-order chi connectivity index (χ0) is 20.8. The van der Waals surface area contributed by atoms with Crippen LogP contribution >= 0.6 is 0 Å². The van der Waals surface area contributed by atoms with Crippen molar-refractivity contribution in [1.29, 1.82) is 0 Å². The van der Waals surface area contributed by atoms with E-state index < -0.39 is 0 Å². The number of phenols is 2. The van der Waals surface area contributed by atoms with Crippen LogP contribution in [0.15, 0.2) is 65.4 Å². The summed E-state index contributed by atoms with van der Waals surface area (Å²) in [7, 11) is 0. The molecule has 2 aromatic heterocycles. The van der Waals surface area contributed by atoms with Gasteiger partial charge >= 0.3 is 0 Å². The Morgan fingerprint density at radius 1 is 1.13 bits per heavy atom. The van der Waals surface area contributed by atoms with E-state index in [2.05, 4.69) is 11.1 Å². The number of carbonyl (C=O) groups excluding carboxylic acids is 1. The number of aryl methyl sites for hydroxylation is 1. The van der Waals surface area contributed by atoms with Gasteiger partial charge in [0.05, 0.1) is 17.5 Å². The highest BCUT2D eigenvalue weighted by Gasteiger charge is 2.30. The van der Waals surface area contributed by atoms with E-state index in [4.69, 9.17) is 4.42 Å². The molecule has 0 fully saturated rings. The predicted molar refractivity (Wildman–Crippen MR) is 114 cm³/mol. The SMILES string of the molecule is C[C@H]1CCc2cc(-c3cc4occc4cn3)ccc2N1C(=O)c1ccc(O)cc1O. The van der Waals surface area contributed by atoms with Crippen molar-refractivity contribution in [1.82, 2.24) is 4.98 Å². The molecular weight excluding hydrogens is 380 g/mol. The molecule has 0 bridgehead atoms. The summed E-state index contributed by atoms with van der Waals surface area (Å²) < 4.78 is 5.49. The van der Waals surface area contributed by atoms with Crippen molar-refractivity contribution in [2.45, 2.75) is 25.8 Å². The molecule has 0 radical (unpaired) electrons. The molecule has 1 amide bonds. The number of carbonyl (C=O) groups is 1. The predicted octanol–water partition coefficient (Wildman–Crippen LogP) is 4.89. The number of benzene rings is 2. The molecule has 1 atom stereocenters. The minimum Gasteiger partial charge on any atom is -0.508 e. The molecule has 5 rings (SSSR count). The smallest absolute Gasteiger partial charge is 0.262 e. The normalized spacial score (nSPS) is 15.9. The van der Waals surface area contributed by atoms with Crippen molar-refractivity contribution in [2.24, 2.45) is 0 Å². The first-order valence-electron chi connectivity index (χ1n) is 9.83. The van der Waals surface area contributed by atoms with E-state index in [-0.39, 0.29) is 29.0 Å². The highest BCUT2D eigenvalue weighted by molar-refractivity contribution is 6.09. The number of aromatic nitrogens is 1. The van der Waals surface area contributed by atoms with Crippen LogP contribution in [0.5, 0.6) is 11.5 Å². The molecule has 2 aromatic carbocycles. The molecule has 0 unspecified atom stereocenters. The summed E-state index contributed by atoms with van der Waals surface area (Å²) in [5, 5.41) is 20.7. The Balaban J connectivity index is 1.54. The third-order valence-corrected chi connectivity index (χ3v) is 5.68. The van der Waals surface area contributed by atoms with Gasteiger partial charge in [0.25, 0.3) is 5.91 Å². The molecule has 0 saturated heterocycles. The second kappa shape index (κ2) is 6.91. The number of hydrogen-bond acceptors (Lipinski definition) is 5. The van der Waals surface area contributed by atoms with Gasteiger partial charge in [-0.25, -0.2) is 0 Å². The number of anilines is 1.